The number of carboxylic acids is 1. The summed E-state index contributed by atoms with van der Waals surface area (Å²) < 4.78 is 17.9. The first-order valence-electron chi connectivity index (χ1n) is 18.7. The molecule has 2 aromatic heterocycles. The molecule has 2 saturated carbocycles. The van der Waals surface area contributed by atoms with Crippen LogP contribution in [0.5, 0.6) is 17.6 Å². The largest absolute Gasteiger partial charge is 0.481 e. The third-order valence-corrected chi connectivity index (χ3v) is 12.6. The molecule has 3 aliphatic carbocycles. The quantitative estimate of drug-likeness (QED) is 0.139. The van der Waals surface area contributed by atoms with Crippen LogP contribution in [0.25, 0.3) is 22.4 Å². The van der Waals surface area contributed by atoms with E-state index in [1.54, 1.807) is 14.2 Å². The fraction of sp³-hybridized carbons (Fsp3) is 0.429. The zero-order valence-electron chi connectivity index (χ0n) is 30.5. The van der Waals surface area contributed by atoms with Gasteiger partial charge in [-0.15, -0.1) is 0 Å². The smallest absolute Gasteiger partial charge is 0.311 e. The van der Waals surface area contributed by atoms with Crippen LogP contribution < -0.4 is 19.5 Å². The first-order valence-corrected chi connectivity index (χ1v) is 19.5. The number of carbonyl (C=O) groups excluding carboxylic acids is 1. The van der Waals surface area contributed by atoms with Crippen molar-refractivity contribution in [3.63, 3.8) is 0 Å². The number of halogens is 2. The van der Waals surface area contributed by atoms with Gasteiger partial charge in [-0.1, -0.05) is 65.7 Å². The number of pyridine rings is 2. The normalized spacial score (nSPS) is 23.2. The first-order chi connectivity index (χ1) is 26.2. The van der Waals surface area contributed by atoms with Gasteiger partial charge in [-0.2, -0.15) is 4.98 Å². The summed E-state index contributed by atoms with van der Waals surface area (Å²) in [4.78, 5) is 35.4. The average molecular weight is 772 g/mol. The highest BCUT2D eigenvalue weighted by Gasteiger charge is 2.58. The summed E-state index contributed by atoms with van der Waals surface area (Å²) in [7, 11) is 3.20. The molecule has 3 heterocycles. The zero-order valence-corrected chi connectivity index (χ0v) is 32.0. The molecular weight excluding hydrogens is 727 g/mol. The number of methoxy groups -OCH3 is 2. The molecular formula is C42H44Cl2N4O6. The summed E-state index contributed by atoms with van der Waals surface area (Å²) in [5.41, 5.74) is 6.79. The van der Waals surface area contributed by atoms with Crippen LogP contribution in [-0.2, 0) is 29.1 Å². The molecule has 12 heteroatoms. The number of Topliss-reactive ketones (excluding diaryl/α,β-unsaturated/α-hetero) is 1. The van der Waals surface area contributed by atoms with Crippen molar-refractivity contribution in [2.75, 3.05) is 33.9 Å². The van der Waals surface area contributed by atoms with E-state index in [9.17, 15) is 14.7 Å². The number of rotatable bonds is 13. The van der Waals surface area contributed by atoms with Crippen LogP contribution in [0.2, 0.25) is 10.0 Å². The second-order valence-corrected chi connectivity index (χ2v) is 15.9. The Morgan fingerprint density at radius 3 is 2.44 bits per heavy atom. The molecule has 1 saturated heterocycles. The number of benzene rings is 2. The summed E-state index contributed by atoms with van der Waals surface area (Å²) >= 11 is 14.0. The molecule has 0 bridgehead atoms. The number of likely N-dealkylation sites (tertiary alicyclic amines) is 1. The lowest BCUT2D eigenvalue weighted by Gasteiger charge is -2.39. The van der Waals surface area contributed by atoms with E-state index >= 15 is 0 Å². The Morgan fingerprint density at radius 2 is 1.72 bits per heavy atom. The van der Waals surface area contributed by atoms with Gasteiger partial charge in [-0.25, -0.2) is 4.98 Å². The maximum Gasteiger partial charge on any atom is 0.311 e. The van der Waals surface area contributed by atoms with Gasteiger partial charge in [0.25, 0.3) is 0 Å². The van der Waals surface area contributed by atoms with Gasteiger partial charge >= 0.3 is 5.97 Å². The standard InChI is InChI=1S/C42H44Cl2N4O6/c1-52-38-25(20-45-19-24-9-11-28(49)17-24)10-13-35(46-38)33-8-4-7-32(37(33)44)29-5-3-6-31-30(29)12-14-36(31)54-40-34(43)18-26(39(47-40)53-2)21-48-22-27-15-16-42(27,23-48)41(50)51/h3-8,10,13,18,24,27,36,45H,9,11-12,14-17,19-23H2,1-2H3,(H,50,51)/t24-,27+,36+,42+/m1/s1. The van der Waals surface area contributed by atoms with E-state index in [-0.39, 0.29) is 12.0 Å². The number of aliphatic carboxylic acids is 1. The Hall–Kier alpha value is -4.22. The van der Waals surface area contributed by atoms with E-state index in [1.165, 1.54) is 0 Å². The van der Waals surface area contributed by atoms with Crippen molar-refractivity contribution < 1.29 is 28.9 Å². The molecule has 54 heavy (non-hydrogen) atoms. The molecule has 2 N–H and O–H groups in total. The zero-order chi connectivity index (χ0) is 37.6. The van der Waals surface area contributed by atoms with Crippen LogP contribution in [0.1, 0.15) is 66.9 Å². The molecule has 4 aromatic rings. The number of hydrogen-bond acceptors (Lipinski definition) is 9. The number of carboxylic acid groups (broad SMARTS) is 1. The highest BCUT2D eigenvalue weighted by atomic mass is 35.5. The number of nitrogens with one attached hydrogen (secondary N) is 1. The van der Waals surface area contributed by atoms with Crippen LogP contribution in [0.3, 0.4) is 0 Å². The molecule has 10 nitrogen and oxygen atoms in total. The summed E-state index contributed by atoms with van der Waals surface area (Å²) in [5.74, 6) is 1.48. The number of ketones is 1. The molecule has 8 rings (SSSR count). The van der Waals surface area contributed by atoms with Crippen molar-refractivity contribution in [1.82, 2.24) is 20.2 Å². The second-order valence-electron chi connectivity index (χ2n) is 15.1. The van der Waals surface area contributed by atoms with Crippen LogP contribution in [-0.4, -0.2) is 65.6 Å². The number of ether oxygens (including phenoxy) is 3. The lowest BCUT2D eigenvalue weighted by molar-refractivity contribution is -0.156. The number of hydrogen-bond donors (Lipinski definition) is 2. The predicted octanol–water partition coefficient (Wildman–Crippen LogP) is 7.96. The number of fused-ring (bicyclic) bond motifs is 2. The maximum atomic E-state index is 12.0. The van der Waals surface area contributed by atoms with E-state index in [1.807, 2.05) is 42.5 Å². The Morgan fingerprint density at radius 1 is 0.944 bits per heavy atom. The van der Waals surface area contributed by atoms with E-state index in [2.05, 4.69) is 22.3 Å². The minimum Gasteiger partial charge on any atom is -0.481 e. The van der Waals surface area contributed by atoms with E-state index in [0.717, 1.165) is 84.1 Å². The van der Waals surface area contributed by atoms with Crippen molar-refractivity contribution in [1.29, 1.82) is 0 Å². The van der Waals surface area contributed by atoms with Crippen molar-refractivity contribution in [2.45, 2.75) is 64.1 Å². The summed E-state index contributed by atoms with van der Waals surface area (Å²) in [6.45, 7) is 3.14. The second kappa shape index (κ2) is 15.1. The minimum absolute atomic E-state index is 0.179. The number of aromatic nitrogens is 2. The van der Waals surface area contributed by atoms with Crippen molar-refractivity contribution in [3.8, 4) is 40.0 Å². The third kappa shape index (κ3) is 6.82. The van der Waals surface area contributed by atoms with Gasteiger partial charge in [0, 0.05) is 61.3 Å². The van der Waals surface area contributed by atoms with Crippen LogP contribution in [0.15, 0.2) is 54.6 Å². The van der Waals surface area contributed by atoms with Gasteiger partial charge in [0.15, 0.2) is 0 Å². The van der Waals surface area contributed by atoms with Gasteiger partial charge in [-0.3, -0.25) is 14.5 Å². The highest BCUT2D eigenvalue weighted by Crippen LogP contribution is 2.53. The van der Waals surface area contributed by atoms with E-state index < -0.39 is 11.4 Å². The fourth-order valence-electron chi connectivity index (χ4n) is 8.99. The molecule has 4 atom stereocenters. The Balaban J connectivity index is 0.989. The highest BCUT2D eigenvalue weighted by molar-refractivity contribution is 6.36. The Kier molecular flexibility index (Phi) is 10.3. The summed E-state index contributed by atoms with van der Waals surface area (Å²) in [6.07, 6.45) is 5.21. The van der Waals surface area contributed by atoms with Crippen LogP contribution in [0, 0.1) is 17.3 Å². The van der Waals surface area contributed by atoms with Gasteiger partial charge < -0.3 is 24.6 Å². The Labute approximate surface area is 325 Å². The van der Waals surface area contributed by atoms with Crippen molar-refractivity contribution in [3.05, 3.63) is 86.9 Å². The summed E-state index contributed by atoms with van der Waals surface area (Å²) in [5, 5.41) is 14.3. The molecule has 0 radical (unpaired) electrons. The predicted molar refractivity (Wildman–Crippen MR) is 206 cm³/mol. The topological polar surface area (TPSA) is 123 Å². The van der Waals surface area contributed by atoms with Gasteiger partial charge in [-0.05, 0) is 79.3 Å². The van der Waals surface area contributed by atoms with Crippen LogP contribution in [0.4, 0.5) is 0 Å². The Bertz CT molecular complexity index is 2110. The SMILES string of the molecule is COc1nc(-c2cccc(-c3cccc4c3CC[C@@H]4Oc3nc(OC)c(CN4C[C@@H]5CC[C@]5(C(=O)O)C4)cc3Cl)c2Cl)ccc1CNC[C@@H]1CCC(=O)C1. The van der Waals surface area contributed by atoms with Gasteiger partial charge in [0.2, 0.25) is 17.6 Å². The molecule has 2 aromatic carbocycles. The lowest BCUT2D eigenvalue weighted by atomic mass is 9.62. The third-order valence-electron chi connectivity index (χ3n) is 12.0. The fourth-order valence-corrected chi connectivity index (χ4v) is 9.54. The van der Waals surface area contributed by atoms with Crippen molar-refractivity contribution in [2.24, 2.45) is 17.3 Å². The molecule has 0 amide bonds. The molecule has 3 fully saturated rings. The first kappa shape index (κ1) is 36.7. The molecule has 282 valence electrons. The minimum atomic E-state index is -0.703. The molecule has 1 aliphatic heterocycles. The maximum absolute atomic E-state index is 12.0. The lowest BCUT2D eigenvalue weighted by Crippen LogP contribution is -2.46. The summed E-state index contributed by atoms with van der Waals surface area (Å²) in [6, 6.07) is 18.0. The van der Waals surface area contributed by atoms with E-state index in [4.69, 9.17) is 47.4 Å². The van der Waals surface area contributed by atoms with E-state index in [0.29, 0.717) is 77.6 Å². The molecule has 0 unspecified atom stereocenters. The van der Waals surface area contributed by atoms with Gasteiger partial charge in [0.05, 0.1) is 30.4 Å². The molecule has 0 spiro atoms. The van der Waals surface area contributed by atoms with Gasteiger partial charge in [0.1, 0.15) is 16.9 Å². The van der Waals surface area contributed by atoms with Crippen LogP contribution >= 0.6 is 23.2 Å². The van der Waals surface area contributed by atoms with Crippen molar-refractivity contribution >= 4 is 35.0 Å². The monoisotopic (exact) mass is 770 g/mol. The number of carbonyl (C=O) groups is 2. The molecule has 4 aliphatic rings. The average Bonchev–Trinajstić information content (AvgIpc) is 3.84. The number of nitrogens with zero attached hydrogens (tertiary/aromatic N) is 3.